The summed E-state index contributed by atoms with van der Waals surface area (Å²) in [6.45, 7) is 3.64. The molecule has 1 N–H and O–H groups in total. The highest BCUT2D eigenvalue weighted by molar-refractivity contribution is 7.14. The van der Waals surface area contributed by atoms with Crippen molar-refractivity contribution in [2.24, 2.45) is 0 Å². The second kappa shape index (κ2) is 6.58. The van der Waals surface area contributed by atoms with E-state index in [1.54, 1.807) is 22.4 Å². The van der Waals surface area contributed by atoms with Gasteiger partial charge in [0, 0.05) is 24.2 Å². The standard InChI is InChI=1S/C17H21N3OS/c1-12-5-3-9-19-14(12)11-20(2)17(21)16-8-7-15(22-16)13-6-4-10-18-13/h3,5,7-9,13,18H,4,6,10-11H2,1-2H3/t13-/m1/s1. The fraction of sp³-hybridized carbons (Fsp3) is 0.412. The van der Waals surface area contributed by atoms with E-state index < -0.39 is 0 Å². The highest BCUT2D eigenvalue weighted by Crippen LogP contribution is 2.29. The summed E-state index contributed by atoms with van der Waals surface area (Å²) in [7, 11) is 1.84. The van der Waals surface area contributed by atoms with E-state index in [2.05, 4.69) is 16.4 Å². The largest absolute Gasteiger partial charge is 0.335 e. The second-order valence-corrected chi connectivity index (χ2v) is 6.89. The molecule has 116 valence electrons. The third kappa shape index (κ3) is 3.20. The summed E-state index contributed by atoms with van der Waals surface area (Å²) in [4.78, 5) is 20.8. The molecule has 0 unspecified atom stereocenters. The number of rotatable bonds is 4. The molecule has 3 rings (SSSR count). The van der Waals surface area contributed by atoms with Crippen molar-refractivity contribution in [3.63, 3.8) is 0 Å². The number of nitrogens with one attached hydrogen (secondary N) is 1. The molecule has 1 amide bonds. The molecule has 0 aliphatic carbocycles. The van der Waals surface area contributed by atoms with Crippen molar-refractivity contribution in [3.05, 3.63) is 51.5 Å². The fourth-order valence-corrected chi connectivity index (χ4v) is 3.86. The molecule has 2 aromatic rings. The summed E-state index contributed by atoms with van der Waals surface area (Å²) in [6.07, 6.45) is 4.15. The van der Waals surface area contributed by atoms with Crippen LogP contribution in [0.2, 0.25) is 0 Å². The minimum atomic E-state index is 0.0688. The molecule has 1 saturated heterocycles. The Bertz CT molecular complexity index is 661. The van der Waals surface area contributed by atoms with Gasteiger partial charge in [0.25, 0.3) is 5.91 Å². The van der Waals surface area contributed by atoms with Crippen LogP contribution >= 0.6 is 11.3 Å². The highest BCUT2D eigenvalue weighted by atomic mass is 32.1. The minimum absolute atomic E-state index is 0.0688. The number of aromatic nitrogens is 1. The lowest BCUT2D eigenvalue weighted by Crippen LogP contribution is -2.26. The van der Waals surface area contributed by atoms with E-state index in [0.717, 1.165) is 29.1 Å². The van der Waals surface area contributed by atoms with Crippen LogP contribution in [0.3, 0.4) is 0 Å². The molecular weight excluding hydrogens is 294 g/mol. The molecule has 2 aromatic heterocycles. The predicted octanol–water partition coefficient (Wildman–Crippen LogP) is 3.15. The van der Waals surface area contributed by atoms with Crippen molar-refractivity contribution >= 4 is 17.2 Å². The van der Waals surface area contributed by atoms with Crippen LogP contribution in [-0.4, -0.2) is 29.4 Å². The smallest absolute Gasteiger partial charge is 0.264 e. The first-order valence-corrected chi connectivity index (χ1v) is 8.46. The maximum Gasteiger partial charge on any atom is 0.264 e. The van der Waals surface area contributed by atoms with Crippen LogP contribution in [0.15, 0.2) is 30.5 Å². The summed E-state index contributed by atoms with van der Waals surface area (Å²) >= 11 is 1.61. The number of hydrogen-bond donors (Lipinski definition) is 1. The number of thiophene rings is 1. The average Bonchev–Trinajstić information content (AvgIpc) is 3.19. The molecule has 4 nitrogen and oxygen atoms in total. The number of nitrogens with zero attached hydrogens (tertiary/aromatic N) is 2. The van der Waals surface area contributed by atoms with Crippen LogP contribution in [-0.2, 0) is 6.54 Å². The zero-order valence-corrected chi connectivity index (χ0v) is 13.8. The van der Waals surface area contributed by atoms with Gasteiger partial charge in [-0.25, -0.2) is 0 Å². The van der Waals surface area contributed by atoms with Crippen molar-refractivity contribution in [2.45, 2.75) is 32.4 Å². The molecule has 0 bridgehead atoms. The maximum atomic E-state index is 12.6. The lowest BCUT2D eigenvalue weighted by Gasteiger charge is -2.17. The van der Waals surface area contributed by atoms with Gasteiger partial charge < -0.3 is 10.2 Å². The molecular formula is C17H21N3OS. The van der Waals surface area contributed by atoms with E-state index in [1.807, 2.05) is 32.2 Å². The SMILES string of the molecule is Cc1cccnc1CN(C)C(=O)c1ccc([C@H]2CCCN2)s1. The Labute approximate surface area is 135 Å². The number of carbonyl (C=O) groups is 1. The van der Waals surface area contributed by atoms with Crippen molar-refractivity contribution in [3.8, 4) is 0 Å². The van der Waals surface area contributed by atoms with E-state index in [4.69, 9.17) is 0 Å². The average molecular weight is 315 g/mol. The number of carbonyl (C=O) groups excluding carboxylic acids is 1. The quantitative estimate of drug-likeness (QED) is 0.943. The molecule has 1 aliphatic heterocycles. The summed E-state index contributed by atoms with van der Waals surface area (Å²) in [5.41, 5.74) is 2.07. The predicted molar refractivity (Wildman–Crippen MR) is 89.1 cm³/mol. The van der Waals surface area contributed by atoms with E-state index in [1.165, 1.54) is 11.3 Å². The third-order valence-corrected chi connectivity index (χ3v) is 5.28. The van der Waals surface area contributed by atoms with Gasteiger partial charge in [0.15, 0.2) is 0 Å². The number of amides is 1. The van der Waals surface area contributed by atoms with Gasteiger partial charge in [-0.2, -0.15) is 0 Å². The minimum Gasteiger partial charge on any atom is -0.335 e. The van der Waals surface area contributed by atoms with E-state index in [9.17, 15) is 4.79 Å². The topological polar surface area (TPSA) is 45.2 Å². The highest BCUT2D eigenvalue weighted by Gasteiger charge is 2.21. The number of hydrogen-bond acceptors (Lipinski definition) is 4. The van der Waals surface area contributed by atoms with Gasteiger partial charge in [-0.15, -0.1) is 11.3 Å². The summed E-state index contributed by atoms with van der Waals surface area (Å²) < 4.78 is 0. The molecule has 1 atom stereocenters. The van der Waals surface area contributed by atoms with Gasteiger partial charge in [0.2, 0.25) is 0 Å². The van der Waals surface area contributed by atoms with Gasteiger partial charge in [-0.3, -0.25) is 9.78 Å². The Hall–Kier alpha value is -1.72. The fourth-order valence-electron chi connectivity index (χ4n) is 2.75. The molecule has 0 aromatic carbocycles. The van der Waals surface area contributed by atoms with Crippen molar-refractivity contribution < 1.29 is 4.79 Å². The Morgan fingerprint density at radius 2 is 2.32 bits per heavy atom. The number of pyridine rings is 1. The first-order chi connectivity index (χ1) is 10.6. The Morgan fingerprint density at radius 1 is 1.45 bits per heavy atom. The normalized spacial score (nSPS) is 17.6. The van der Waals surface area contributed by atoms with Crippen LogP contribution in [0.4, 0.5) is 0 Å². The molecule has 3 heterocycles. The molecule has 5 heteroatoms. The summed E-state index contributed by atoms with van der Waals surface area (Å²) in [5.74, 6) is 0.0688. The summed E-state index contributed by atoms with van der Waals surface area (Å²) in [6, 6.07) is 8.40. The van der Waals surface area contributed by atoms with Crippen molar-refractivity contribution in [1.29, 1.82) is 0 Å². The van der Waals surface area contributed by atoms with Gasteiger partial charge in [0.1, 0.15) is 0 Å². The van der Waals surface area contributed by atoms with Crippen molar-refractivity contribution in [1.82, 2.24) is 15.2 Å². The van der Waals surface area contributed by atoms with Crippen LogP contribution in [0.1, 0.15) is 44.7 Å². The molecule has 1 aliphatic rings. The first-order valence-electron chi connectivity index (χ1n) is 7.64. The molecule has 22 heavy (non-hydrogen) atoms. The van der Waals surface area contributed by atoms with Gasteiger partial charge in [-0.05, 0) is 50.1 Å². The van der Waals surface area contributed by atoms with Gasteiger partial charge >= 0.3 is 0 Å². The maximum absolute atomic E-state index is 12.6. The van der Waals surface area contributed by atoms with E-state index in [0.29, 0.717) is 12.6 Å². The molecule has 1 fully saturated rings. The van der Waals surface area contributed by atoms with Crippen LogP contribution in [0, 0.1) is 6.92 Å². The van der Waals surface area contributed by atoms with Gasteiger partial charge in [0.05, 0.1) is 17.1 Å². The van der Waals surface area contributed by atoms with E-state index >= 15 is 0 Å². The summed E-state index contributed by atoms with van der Waals surface area (Å²) in [5, 5.41) is 3.48. The monoisotopic (exact) mass is 315 g/mol. The Morgan fingerprint density at radius 3 is 3.05 bits per heavy atom. The zero-order chi connectivity index (χ0) is 15.5. The van der Waals surface area contributed by atoms with Crippen LogP contribution in [0.25, 0.3) is 0 Å². The lowest BCUT2D eigenvalue weighted by atomic mass is 10.2. The Balaban J connectivity index is 1.69. The third-order valence-electron chi connectivity index (χ3n) is 4.09. The molecule has 0 saturated carbocycles. The number of aryl methyl sites for hydroxylation is 1. The van der Waals surface area contributed by atoms with Crippen molar-refractivity contribution in [2.75, 3.05) is 13.6 Å². The van der Waals surface area contributed by atoms with Crippen LogP contribution in [0.5, 0.6) is 0 Å². The molecule has 0 radical (unpaired) electrons. The first kappa shape index (κ1) is 15.2. The lowest BCUT2D eigenvalue weighted by molar-refractivity contribution is 0.0788. The van der Waals surface area contributed by atoms with Crippen LogP contribution < -0.4 is 5.32 Å². The zero-order valence-electron chi connectivity index (χ0n) is 13.0. The molecule has 0 spiro atoms. The second-order valence-electron chi connectivity index (χ2n) is 5.78. The Kier molecular flexibility index (Phi) is 4.55. The van der Waals surface area contributed by atoms with E-state index in [-0.39, 0.29) is 5.91 Å². The van der Waals surface area contributed by atoms with Gasteiger partial charge in [-0.1, -0.05) is 6.07 Å².